The summed E-state index contributed by atoms with van der Waals surface area (Å²) >= 11 is 0. The number of nitrogens with zero attached hydrogens (tertiary/aromatic N) is 1. The first-order chi connectivity index (χ1) is 14.9. The number of hydrogen-bond donors (Lipinski definition) is 1. The van der Waals surface area contributed by atoms with Crippen molar-refractivity contribution in [1.82, 2.24) is 4.90 Å². The highest BCUT2D eigenvalue weighted by atomic mass is 16.5. The van der Waals surface area contributed by atoms with E-state index in [1.165, 1.54) is 0 Å². The summed E-state index contributed by atoms with van der Waals surface area (Å²) in [6, 6.07) is 0. The van der Waals surface area contributed by atoms with Crippen molar-refractivity contribution >= 4 is 11.9 Å². The second-order valence-corrected chi connectivity index (χ2v) is 7.84. The summed E-state index contributed by atoms with van der Waals surface area (Å²) in [4.78, 5) is 26.2. The first-order valence-electron chi connectivity index (χ1n) is 10.6. The number of phenolic OH excluding ortho intramolecular Hbond substituents is 1. The fraction of sp³-hybridized carbons (Fsp3) is 0.565. The maximum atomic E-state index is 12.0. The highest BCUT2D eigenvalue weighted by Gasteiger charge is 2.31. The lowest BCUT2D eigenvalue weighted by Gasteiger charge is -2.26. The lowest BCUT2D eigenvalue weighted by molar-refractivity contribution is -0.144. The number of fused-ring (bicyclic) bond motifs is 1. The van der Waals surface area contributed by atoms with Gasteiger partial charge >= 0.3 is 11.9 Å². The van der Waals surface area contributed by atoms with Gasteiger partial charge < -0.3 is 29.5 Å². The Bertz CT molecular complexity index is 858. The SMILES string of the molecule is COc1c(C)c2c(c(O)c1C/C=C(\C)CCC(=O)OCCN1CCOCC1)C(=O)OC2.O. The number of methoxy groups -OCH3 is 1. The summed E-state index contributed by atoms with van der Waals surface area (Å²) in [7, 11) is 1.54. The summed E-state index contributed by atoms with van der Waals surface area (Å²) in [5.41, 5.74) is 3.23. The Labute approximate surface area is 188 Å². The topological polar surface area (TPSA) is 126 Å². The average Bonchev–Trinajstić information content (AvgIpc) is 3.16. The van der Waals surface area contributed by atoms with Crippen molar-refractivity contribution < 1.29 is 39.1 Å². The van der Waals surface area contributed by atoms with E-state index >= 15 is 0 Å². The van der Waals surface area contributed by atoms with Gasteiger partial charge in [0.2, 0.25) is 0 Å². The van der Waals surface area contributed by atoms with Gasteiger partial charge in [-0.15, -0.1) is 0 Å². The number of hydrogen-bond acceptors (Lipinski definition) is 8. The quantitative estimate of drug-likeness (QED) is 0.444. The molecule has 9 nitrogen and oxygen atoms in total. The number of carbonyl (C=O) groups excluding carboxylic acids is 2. The molecule has 0 aromatic heterocycles. The van der Waals surface area contributed by atoms with Crippen molar-refractivity contribution in [3.8, 4) is 11.5 Å². The van der Waals surface area contributed by atoms with Gasteiger partial charge in [0.05, 0.1) is 20.3 Å². The lowest BCUT2D eigenvalue weighted by atomic mass is 9.94. The Hall–Kier alpha value is -2.62. The van der Waals surface area contributed by atoms with Gasteiger partial charge in [-0.25, -0.2) is 4.79 Å². The van der Waals surface area contributed by atoms with Crippen LogP contribution >= 0.6 is 0 Å². The second-order valence-electron chi connectivity index (χ2n) is 7.84. The molecule has 1 aromatic carbocycles. The summed E-state index contributed by atoms with van der Waals surface area (Å²) in [5.74, 6) is -0.273. The number of ether oxygens (including phenoxy) is 4. The van der Waals surface area contributed by atoms with Crippen LogP contribution in [0.15, 0.2) is 11.6 Å². The van der Waals surface area contributed by atoms with Gasteiger partial charge in [0, 0.05) is 37.2 Å². The van der Waals surface area contributed by atoms with Crippen LogP contribution < -0.4 is 4.74 Å². The summed E-state index contributed by atoms with van der Waals surface area (Å²) in [6.45, 7) is 8.23. The van der Waals surface area contributed by atoms with E-state index in [-0.39, 0.29) is 29.4 Å². The third kappa shape index (κ3) is 5.99. The van der Waals surface area contributed by atoms with Crippen molar-refractivity contribution in [2.45, 2.75) is 39.7 Å². The van der Waals surface area contributed by atoms with E-state index < -0.39 is 5.97 Å². The summed E-state index contributed by atoms with van der Waals surface area (Å²) in [6.07, 6.45) is 3.18. The number of benzene rings is 1. The molecule has 9 heteroatoms. The van der Waals surface area contributed by atoms with E-state index in [2.05, 4.69) is 4.90 Å². The number of allylic oxidation sites excluding steroid dienone is 2. The van der Waals surface area contributed by atoms with Crippen molar-refractivity contribution in [3.63, 3.8) is 0 Å². The van der Waals surface area contributed by atoms with Gasteiger partial charge in [-0.05, 0) is 32.3 Å². The number of morpholine rings is 1. The minimum atomic E-state index is -0.514. The molecular weight excluding hydrogens is 418 g/mol. The molecule has 0 amide bonds. The molecular formula is C23H33NO8. The predicted molar refractivity (Wildman–Crippen MR) is 117 cm³/mol. The van der Waals surface area contributed by atoms with Crippen molar-refractivity contribution in [2.75, 3.05) is 46.6 Å². The van der Waals surface area contributed by atoms with E-state index in [1.54, 1.807) is 7.11 Å². The van der Waals surface area contributed by atoms with E-state index in [9.17, 15) is 14.7 Å². The van der Waals surface area contributed by atoms with Gasteiger partial charge in [-0.1, -0.05) is 11.6 Å². The molecule has 1 fully saturated rings. The fourth-order valence-corrected chi connectivity index (χ4v) is 3.89. The Balaban J connectivity index is 0.00000363. The minimum Gasteiger partial charge on any atom is -0.507 e. The number of rotatable bonds is 9. The van der Waals surface area contributed by atoms with Crippen LogP contribution in [-0.2, 0) is 32.0 Å². The van der Waals surface area contributed by atoms with Crippen LogP contribution in [0.2, 0.25) is 0 Å². The molecule has 0 radical (unpaired) electrons. The molecule has 0 unspecified atom stereocenters. The molecule has 0 saturated carbocycles. The van der Waals surface area contributed by atoms with Gasteiger partial charge in [0.1, 0.15) is 30.3 Å². The third-order valence-corrected chi connectivity index (χ3v) is 5.80. The van der Waals surface area contributed by atoms with Crippen molar-refractivity contribution in [3.05, 3.63) is 33.9 Å². The molecule has 3 N–H and O–H groups in total. The van der Waals surface area contributed by atoms with Crippen LogP contribution in [-0.4, -0.2) is 74.0 Å². The molecule has 0 atom stereocenters. The van der Waals surface area contributed by atoms with E-state index in [4.69, 9.17) is 18.9 Å². The highest BCUT2D eigenvalue weighted by molar-refractivity contribution is 5.98. The van der Waals surface area contributed by atoms with E-state index in [1.807, 2.05) is 19.9 Å². The zero-order valence-corrected chi connectivity index (χ0v) is 19.0. The number of carbonyl (C=O) groups is 2. The molecule has 3 rings (SSSR count). The van der Waals surface area contributed by atoms with Crippen LogP contribution in [0.3, 0.4) is 0 Å². The zero-order chi connectivity index (χ0) is 22.4. The van der Waals surface area contributed by atoms with E-state index in [0.717, 1.165) is 44.0 Å². The molecule has 2 aliphatic rings. The maximum absolute atomic E-state index is 12.0. The Kier molecular flexibility index (Phi) is 9.49. The second kappa shape index (κ2) is 11.8. The number of phenols is 1. The van der Waals surface area contributed by atoms with Gasteiger partial charge in [-0.3, -0.25) is 9.69 Å². The summed E-state index contributed by atoms with van der Waals surface area (Å²) in [5, 5.41) is 10.7. The standard InChI is InChI=1S/C23H31NO7.H2O/c1-15(5-7-19(25)30-13-10-24-8-11-29-12-9-24)4-6-17-21(26)20-18(14-31-23(20)27)16(2)22(17)28-3;/h4,26H,5-14H2,1-3H3;1H2/b15-4+;. The predicted octanol–water partition coefficient (Wildman–Crippen LogP) is 1.70. The van der Waals surface area contributed by atoms with Crippen LogP contribution in [0.1, 0.15) is 46.8 Å². The number of cyclic esters (lactones) is 1. The van der Waals surface area contributed by atoms with Gasteiger partial charge in [0.25, 0.3) is 0 Å². The molecule has 2 heterocycles. The number of esters is 2. The molecule has 32 heavy (non-hydrogen) atoms. The van der Waals surface area contributed by atoms with Gasteiger partial charge in [0.15, 0.2) is 0 Å². The number of aromatic hydroxyl groups is 1. The van der Waals surface area contributed by atoms with Crippen LogP contribution in [0.5, 0.6) is 11.5 Å². The lowest BCUT2D eigenvalue weighted by Crippen LogP contribution is -2.38. The first-order valence-corrected chi connectivity index (χ1v) is 10.6. The first kappa shape index (κ1) is 25.6. The van der Waals surface area contributed by atoms with Crippen molar-refractivity contribution in [1.29, 1.82) is 0 Å². The van der Waals surface area contributed by atoms with Gasteiger partial charge in [-0.2, -0.15) is 0 Å². The van der Waals surface area contributed by atoms with Crippen LogP contribution in [0.4, 0.5) is 0 Å². The Morgan fingerprint density at radius 3 is 2.66 bits per heavy atom. The molecule has 1 saturated heterocycles. The molecule has 0 aliphatic carbocycles. The fourth-order valence-electron chi connectivity index (χ4n) is 3.89. The Morgan fingerprint density at radius 2 is 1.97 bits per heavy atom. The molecule has 0 spiro atoms. The highest BCUT2D eigenvalue weighted by Crippen LogP contribution is 2.42. The van der Waals surface area contributed by atoms with Crippen LogP contribution in [0, 0.1) is 6.92 Å². The van der Waals surface area contributed by atoms with Crippen LogP contribution in [0.25, 0.3) is 0 Å². The minimum absolute atomic E-state index is 0. The normalized spacial score (nSPS) is 16.2. The molecule has 0 bridgehead atoms. The largest absolute Gasteiger partial charge is 0.507 e. The molecule has 178 valence electrons. The van der Waals surface area contributed by atoms with Crippen molar-refractivity contribution in [2.24, 2.45) is 0 Å². The maximum Gasteiger partial charge on any atom is 0.342 e. The van der Waals surface area contributed by atoms with E-state index in [0.29, 0.717) is 42.7 Å². The Morgan fingerprint density at radius 1 is 1.25 bits per heavy atom. The molecule has 1 aromatic rings. The average molecular weight is 452 g/mol. The molecule has 2 aliphatic heterocycles. The monoisotopic (exact) mass is 451 g/mol. The smallest absolute Gasteiger partial charge is 0.342 e. The third-order valence-electron chi connectivity index (χ3n) is 5.80. The zero-order valence-electron chi connectivity index (χ0n) is 19.0. The summed E-state index contributed by atoms with van der Waals surface area (Å²) < 4.78 is 21.2.